The van der Waals surface area contributed by atoms with Crippen LogP contribution in [0.2, 0.25) is 0 Å². The van der Waals surface area contributed by atoms with Gasteiger partial charge in [0, 0.05) is 39.9 Å². The second-order valence-electron chi connectivity index (χ2n) is 9.63. The summed E-state index contributed by atoms with van der Waals surface area (Å²) >= 11 is 0. The highest BCUT2D eigenvalue weighted by molar-refractivity contribution is 6.23. The first kappa shape index (κ1) is 22.2. The molecule has 0 aromatic heterocycles. The van der Waals surface area contributed by atoms with Crippen molar-refractivity contribution < 1.29 is 39.1 Å². The first-order valence-electron chi connectivity index (χ1n) is 11.9. The van der Waals surface area contributed by atoms with Crippen LogP contribution in [0.15, 0.2) is 54.6 Å². The SMILES string of the molecule is COc1cc2cc(O)ccc2c2c1C1(CC2=O)C(=O)Oc2cc(O)c3c(c(OC)cc4cc(O)ccc43)c21. The topological polar surface area (TPSA) is 123 Å². The lowest BCUT2D eigenvalue weighted by Gasteiger charge is -2.25. The number of fused-ring (bicyclic) bond motifs is 10. The summed E-state index contributed by atoms with van der Waals surface area (Å²) < 4.78 is 17.2. The Labute approximate surface area is 215 Å². The van der Waals surface area contributed by atoms with Gasteiger partial charge in [-0.3, -0.25) is 9.59 Å². The Morgan fingerprint density at radius 1 is 0.763 bits per heavy atom. The van der Waals surface area contributed by atoms with E-state index >= 15 is 0 Å². The van der Waals surface area contributed by atoms with E-state index in [-0.39, 0.29) is 35.2 Å². The molecule has 7 rings (SSSR count). The van der Waals surface area contributed by atoms with Crippen molar-refractivity contribution in [2.75, 3.05) is 14.2 Å². The van der Waals surface area contributed by atoms with Gasteiger partial charge in [-0.2, -0.15) is 0 Å². The molecule has 8 nitrogen and oxygen atoms in total. The zero-order valence-electron chi connectivity index (χ0n) is 20.3. The van der Waals surface area contributed by atoms with Crippen LogP contribution >= 0.6 is 0 Å². The van der Waals surface area contributed by atoms with Crippen LogP contribution in [0, 0.1) is 0 Å². The molecule has 38 heavy (non-hydrogen) atoms. The molecule has 1 aliphatic heterocycles. The number of phenolic OH excluding ortho intramolecular Hbond substituents is 3. The Bertz CT molecular complexity index is 1920. The molecule has 8 heteroatoms. The lowest BCUT2D eigenvalue weighted by atomic mass is 9.73. The molecule has 0 saturated heterocycles. The van der Waals surface area contributed by atoms with Gasteiger partial charge in [0.15, 0.2) is 5.78 Å². The number of benzene rings is 5. The molecule has 0 saturated carbocycles. The molecule has 1 heterocycles. The van der Waals surface area contributed by atoms with E-state index in [4.69, 9.17) is 14.2 Å². The molecule has 0 fully saturated rings. The Balaban J connectivity index is 1.68. The number of esters is 1. The van der Waals surface area contributed by atoms with Crippen LogP contribution in [-0.4, -0.2) is 41.3 Å². The number of ketones is 1. The van der Waals surface area contributed by atoms with Crippen molar-refractivity contribution in [3.8, 4) is 34.5 Å². The molecule has 2 aliphatic rings. The normalized spacial score (nSPS) is 17.8. The van der Waals surface area contributed by atoms with Crippen LogP contribution in [0.1, 0.15) is 27.9 Å². The van der Waals surface area contributed by atoms with Crippen LogP contribution in [0.4, 0.5) is 0 Å². The average molecular weight is 508 g/mol. The third-order valence-corrected chi connectivity index (χ3v) is 7.74. The van der Waals surface area contributed by atoms with Crippen molar-refractivity contribution in [1.29, 1.82) is 0 Å². The van der Waals surface area contributed by atoms with E-state index in [1.54, 1.807) is 30.3 Å². The second kappa shape index (κ2) is 7.29. The van der Waals surface area contributed by atoms with Crippen molar-refractivity contribution in [3.63, 3.8) is 0 Å². The van der Waals surface area contributed by atoms with E-state index in [1.165, 1.54) is 38.5 Å². The lowest BCUT2D eigenvalue weighted by molar-refractivity contribution is -0.136. The molecule has 1 spiro atoms. The average Bonchev–Trinajstić information content (AvgIpc) is 3.35. The zero-order chi connectivity index (χ0) is 26.5. The van der Waals surface area contributed by atoms with Gasteiger partial charge in [0.05, 0.1) is 14.2 Å². The highest BCUT2D eigenvalue weighted by atomic mass is 16.5. The van der Waals surface area contributed by atoms with E-state index in [1.807, 2.05) is 0 Å². The van der Waals surface area contributed by atoms with Gasteiger partial charge < -0.3 is 29.5 Å². The van der Waals surface area contributed by atoms with Gasteiger partial charge >= 0.3 is 5.97 Å². The van der Waals surface area contributed by atoms with Crippen molar-refractivity contribution in [3.05, 3.63) is 71.3 Å². The number of carbonyl (C=O) groups excluding carboxylic acids is 2. The second-order valence-corrected chi connectivity index (χ2v) is 9.63. The molecular formula is C30H20O8. The molecule has 1 unspecified atom stereocenters. The summed E-state index contributed by atoms with van der Waals surface area (Å²) in [6.07, 6.45) is -0.207. The standard InChI is InChI=1S/C30H20O8/c1-36-21-9-13-7-15(31)3-5-17(13)24-19(33)11-23-28(26(21)24)30(29(35)38-23)12-20(34)25-18-6-4-16(32)8-14(18)10-22(37-2)27(25)30/h3-11,31-33H,12H2,1-2H3. The number of ether oxygens (including phenoxy) is 3. The molecule has 0 radical (unpaired) electrons. The van der Waals surface area contributed by atoms with E-state index in [0.29, 0.717) is 60.5 Å². The zero-order valence-corrected chi connectivity index (χ0v) is 20.3. The minimum absolute atomic E-state index is 0.0365. The molecule has 1 atom stereocenters. The summed E-state index contributed by atoms with van der Waals surface area (Å²) in [6.45, 7) is 0. The number of phenols is 3. The third-order valence-electron chi connectivity index (χ3n) is 7.74. The lowest BCUT2D eigenvalue weighted by Crippen LogP contribution is -2.33. The fourth-order valence-electron chi connectivity index (χ4n) is 6.28. The predicted octanol–water partition coefficient (Wildman–Crippen LogP) is 5.07. The summed E-state index contributed by atoms with van der Waals surface area (Å²) in [5.74, 6) is -0.204. The predicted molar refractivity (Wildman–Crippen MR) is 139 cm³/mol. The number of methoxy groups -OCH3 is 2. The van der Waals surface area contributed by atoms with Gasteiger partial charge in [0.25, 0.3) is 0 Å². The van der Waals surface area contributed by atoms with E-state index < -0.39 is 11.4 Å². The number of aromatic hydroxyl groups is 3. The van der Waals surface area contributed by atoms with E-state index in [2.05, 4.69) is 0 Å². The highest BCUT2D eigenvalue weighted by Gasteiger charge is 2.60. The van der Waals surface area contributed by atoms with Crippen molar-refractivity contribution >= 4 is 44.1 Å². The van der Waals surface area contributed by atoms with Gasteiger partial charge in [0.2, 0.25) is 0 Å². The van der Waals surface area contributed by atoms with Gasteiger partial charge in [0.1, 0.15) is 39.9 Å². The minimum atomic E-state index is -1.55. The van der Waals surface area contributed by atoms with Crippen LogP contribution in [-0.2, 0) is 10.2 Å². The number of carbonyl (C=O) groups is 2. The largest absolute Gasteiger partial charge is 0.508 e. The summed E-state index contributed by atoms with van der Waals surface area (Å²) in [5.41, 5.74) is -0.435. The molecule has 5 aromatic carbocycles. The molecule has 1 aliphatic carbocycles. The summed E-state index contributed by atoms with van der Waals surface area (Å²) in [5, 5.41) is 34.5. The molecule has 0 amide bonds. The first-order chi connectivity index (χ1) is 18.3. The Kier molecular flexibility index (Phi) is 4.26. The van der Waals surface area contributed by atoms with Crippen LogP contribution in [0.25, 0.3) is 32.3 Å². The molecule has 5 aromatic rings. The monoisotopic (exact) mass is 508 g/mol. The van der Waals surface area contributed by atoms with Gasteiger partial charge in [-0.1, -0.05) is 0 Å². The van der Waals surface area contributed by atoms with E-state index in [0.717, 1.165) is 0 Å². The van der Waals surface area contributed by atoms with Crippen LogP contribution < -0.4 is 14.2 Å². The Hall–Kier alpha value is -4.98. The number of Topliss-reactive ketones (excluding diaryl/α,β-unsaturated/α-hetero) is 1. The molecule has 188 valence electrons. The highest BCUT2D eigenvalue weighted by Crippen LogP contribution is 2.60. The molecule has 0 bridgehead atoms. The quantitative estimate of drug-likeness (QED) is 0.172. The summed E-state index contributed by atoms with van der Waals surface area (Å²) in [4.78, 5) is 27.6. The molecular weight excluding hydrogens is 488 g/mol. The maximum atomic E-state index is 13.9. The van der Waals surface area contributed by atoms with Crippen molar-refractivity contribution in [1.82, 2.24) is 0 Å². The fourth-order valence-corrected chi connectivity index (χ4v) is 6.28. The van der Waals surface area contributed by atoms with E-state index in [9.17, 15) is 24.9 Å². The Morgan fingerprint density at radius 2 is 1.39 bits per heavy atom. The maximum absolute atomic E-state index is 13.9. The van der Waals surface area contributed by atoms with Crippen LogP contribution in [0.3, 0.4) is 0 Å². The van der Waals surface area contributed by atoms with Gasteiger partial charge in [-0.25, -0.2) is 0 Å². The first-order valence-corrected chi connectivity index (χ1v) is 11.9. The van der Waals surface area contributed by atoms with Gasteiger partial charge in [-0.05, 0) is 70.1 Å². The number of hydrogen-bond donors (Lipinski definition) is 3. The van der Waals surface area contributed by atoms with Gasteiger partial charge in [-0.15, -0.1) is 0 Å². The number of rotatable bonds is 2. The summed E-state index contributed by atoms with van der Waals surface area (Å²) in [6, 6.07) is 14.2. The van der Waals surface area contributed by atoms with Crippen molar-refractivity contribution in [2.45, 2.75) is 11.8 Å². The minimum Gasteiger partial charge on any atom is -0.508 e. The third kappa shape index (κ3) is 2.58. The van der Waals surface area contributed by atoms with Crippen LogP contribution in [0.5, 0.6) is 34.5 Å². The number of hydrogen-bond acceptors (Lipinski definition) is 8. The fraction of sp³-hybridized carbons (Fsp3) is 0.133. The maximum Gasteiger partial charge on any atom is 0.327 e. The summed E-state index contributed by atoms with van der Waals surface area (Å²) in [7, 11) is 2.93. The molecule has 3 N–H and O–H groups in total. The smallest absolute Gasteiger partial charge is 0.327 e. The van der Waals surface area contributed by atoms with Crippen molar-refractivity contribution in [2.24, 2.45) is 0 Å². The Morgan fingerprint density at radius 3 is 2.08 bits per heavy atom.